The van der Waals surface area contributed by atoms with E-state index < -0.39 is 21.8 Å². The highest BCUT2D eigenvalue weighted by Crippen LogP contribution is 2.22. The standard InChI is InChI=1S/C9H11NO2.C7H6O2S/c10-8(9(11)12)6-7-4-2-1-3-5-7;8-10(9)5-6-1-3-7(10)4-2-6/h1-5,8H,6,10H2,(H,11,12);1-4H,5H2/t8-;/m0./s1. The Bertz CT molecular complexity index is 739. The highest BCUT2D eigenvalue weighted by atomic mass is 32.2. The van der Waals surface area contributed by atoms with Gasteiger partial charge in [-0.25, -0.2) is 8.42 Å². The normalized spacial score (nSPS) is 15.5. The number of hydrogen-bond donors (Lipinski definition) is 2. The summed E-state index contributed by atoms with van der Waals surface area (Å²) in [5.74, 6) is -0.770. The average Bonchev–Trinajstić information content (AvgIpc) is 2.48. The maximum absolute atomic E-state index is 11.1. The van der Waals surface area contributed by atoms with Gasteiger partial charge in [0.25, 0.3) is 0 Å². The highest BCUT2D eigenvalue weighted by molar-refractivity contribution is 7.90. The van der Waals surface area contributed by atoms with Crippen molar-refractivity contribution in [1.82, 2.24) is 0 Å². The van der Waals surface area contributed by atoms with Crippen LogP contribution >= 0.6 is 0 Å². The van der Waals surface area contributed by atoms with E-state index in [1.807, 2.05) is 42.5 Å². The molecule has 2 bridgehead atoms. The van der Waals surface area contributed by atoms with Crippen LogP contribution in [0.2, 0.25) is 0 Å². The van der Waals surface area contributed by atoms with Crippen LogP contribution in [0.15, 0.2) is 59.5 Å². The third-order valence-corrected chi connectivity index (χ3v) is 4.96. The van der Waals surface area contributed by atoms with Crippen LogP contribution in [0.1, 0.15) is 11.1 Å². The number of hydrogen-bond acceptors (Lipinski definition) is 4. The molecule has 116 valence electrons. The molecule has 0 aromatic heterocycles. The number of carbonyl (C=O) groups is 1. The van der Waals surface area contributed by atoms with Crippen LogP contribution in [-0.2, 0) is 26.8 Å². The molecule has 0 aliphatic carbocycles. The van der Waals surface area contributed by atoms with Crippen molar-refractivity contribution in [1.29, 1.82) is 0 Å². The van der Waals surface area contributed by atoms with E-state index >= 15 is 0 Å². The fourth-order valence-corrected chi connectivity index (χ4v) is 3.40. The lowest BCUT2D eigenvalue weighted by Crippen LogP contribution is -2.32. The molecule has 2 aromatic carbocycles. The second kappa shape index (κ2) is 6.72. The fourth-order valence-electron chi connectivity index (χ4n) is 2.05. The zero-order valence-electron chi connectivity index (χ0n) is 11.8. The number of sulfone groups is 1. The number of rotatable bonds is 3. The molecule has 2 aliphatic heterocycles. The Morgan fingerprint density at radius 3 is 2.05 bits per heavy atom. The zero-order chi connectivity index (χ0) is 16.2. The molecule has 2 heterocycles. The lowest BCUT2D eigenvalue weighted by Gasteiger charge is -2.10. The predicted molar refractivity (Wildman–Crippen MR) is 83.1 cm³/mol. The Morgan fingerprint density at radius 1 is 1.09 bits per heavy atom. The van der Waals surface area contributed by atoms with Gasteiger partial charge in [-0.1, -0.05) is 42.5 Å². The van der Waals surface area contributed by atoms with Gasteiger partial charge >= 0.3 is 5.97 Å². The maximum atomic E-state index is 11.1. The van der Waals surface area contributed by atoms with Crippen molar-refractivity contribution in [2.75, 3.05) is 0 Å². The minimum atomic E-state index is -2.92. The SMILES string of the molecule is N[C@@H](Cc1ccccc1)C(=O)O.O=S1(=O)Cc2ccc1cc2. The van der Waals surface area contributed by atoms with Crippen LogP contribution in [0.3, 0.4) is 0 Å². The molecule has 6 heteroatoms. The molecule has 0 saturated heterocycles. The molecule has 0 radical (unpaired) electrons. The summed E-state index contributed by atoms with van der Waals surface area (Å²) in [6.07, 6.45) is 0.385. The highest BCUT2D eigenvalue weighted by Gasteiger charge is 2.19. The Morgan fingerprint density at radius 2 is 1.68 bits per heavy atom. The maximum Gasteiger partial charge on any atom is 0.320 e. The van der Waals surface area contributed by atoms with Crippen molar-refractivity contribution in [3.05, 3.63) is 65.7 Å². The summed E-state index contributed by atoms with van der Waals surface area (Å²) in [6, 6.07) is 15.5. The molecule has 4 rings (SSSR count). The quantitative estimate of drug-likeness (QED) is 0.896. The molecular weight excluding hydrogens is 302 g/mol. The summed E-state index contributed by atoms with van der Waals surface area (Å²) in [5.41, 5.74) is 7.18. The van der Waals surface area contributed by atoms with Gasteiger partial charge in [0.05, 0.1) is 10.6 Å². The van der Waals surface area contributed by atoms with Crippen molar-refractivity contribution >= 4 is 15.8 Å². The molecule has 3 N–H and O–H groups in total. The predicted octanol–water partition coefficient (Wildman–Crippen LogP) is 1.61. The lowest BCUT2D eigenvalue weighted by atomic mass is 10.1. The molecule has 0 spiro atoms. The summed E-state index contributed by atoms with van der Waals surface area (Å²) in [4.78, 5) is 10.8. The van der Waals surface area contributed by atoms with Gasteiger partial charge < -0.3 is 10.8 Å². The van der Waals surface area contributed by atoms with E-state index in [0.29, 0.717) is 11.3 Å². The van der Waals surface area contributed by atoms with E-state index in [2.05, 4.69) is 0 Å². The van der Waals surface area contributed by atoms with E-state index in [9.17, 15) is 13.2 Å². The summed E-state index contributed by atoms with van der Waals surface area (Å²) in [7, 11) is -2.92. The van der Waals surface area contributed by atoms with Gasteiger partial charge in [0.2, 0.25) is 0 Å². The molecule has 0 unspecified atom stereocenters. The fraction of sp³-hybridized carbons (Fsp3) is 0.188. The summed E-state index contributed by atoms with van der Waals surface area (Å²) in [5, 5.41) is 8.52. The molecule has 2 aliphatic rings. The van der Waals surface area contributed by atoms with Crippen molar-refractivity contribution in [2.45, 2.75) is 23.1 Å². The molecule has 0 saturated carbocycles. The van der Waals surface area contributed by atoms with E-state index in [1.165, 1.54) is 0 Å². The summed E-state index contributed by atoms with van der Waals surface area (Å²) >= 11 is 0. The lowest BCUT2D eigenvalue weighted by molar-refractivity contribution is -0.138. The van der Waals surface area contributed by atoms with E-state index in [1.54, 1.807) is 12.1 Å². The Hall–Kier alpha value is -2.18. The van der Waals surface area contributed by atoms with Crippen molar-refractivity contribution in [3.8, 4) is 0 Å². The first-order chi connectivity index (χ1) is 10.4. The van der Waals surface area contributed by atoms with Gasteiger partial charge in [-0.05, 0) is 29.7 Å². The van der Waals surface area contributed by atoms with E-state index in [-0.39, 0.29) is 5.75 Å². The van der Waals surface area contributed by atoms with Gasteiger partial charge in [-0.2, -0.15) is 0 Å². The Balaban J connectivity index is 0.000000162. The molecule has 0 amide bonds. The zero-order valence-corrected chi connectivity index (χ0v) is 12.7. The monoisotopic (exact) mass is 319 g/mol. The first-order valence-electron chi connectivity index (χ1n) is 6.72. The minimum absolute atomic E-state index is 0.190. The van der Waals surface area contributed by atoms with Gasteiger partial charge in [0.1, 0.15) is 6.04 Å². The van der Waals surface area contributed by atoms with E-state index in [0.717, 1.165) is 11.1 Å². The third-order valence-electron chi connectivity index (χ3n) is 3.25. The number of fused-ring (bicyclic) bond motifs is 3. The molecule has 22 heavy (non-hydrogen) atoms. The number of nitrogens with two attached hydrogens (primary N) is 1. The van der Waals surface area contributed by atoms with Crippen molar-refractivity contribution in [2.24, 2.45) is 5.73 Å². The van der Waals surface area contributed by atoms with E-state index in [4.69, 9.17) is 10.8 Å². The molecule has 2 aromatic rings. The molecule has 0 fully saturated rings. The largest absolute Gasteiger partial charge is 0.480 e. The number of aliphatic carboxylic acids is 1. The number of carboxylic acid groups (broad SMARTS) is 1. The smallest absolute Gasteiger partial charge is 0.320 e. The van der Waals surface area contributed by atoms with Crippen LogP contribution in [0.4, 0.5) is 0 Å². The topological polar surface area (TPSA) is 97.5 Å². The molecule has 1 atom stereocenters. The molecule has 5 nitrogen and oxygen atoms in total. The minimum Gasteiger partial charge on any atom is -0.480 e. The Kier molecular flexibility index (Phi) is 4.95. The van der Waals surface area contributed by atoms with Crippen LogP contribution in [-0.4, -0.2) is 25.5 Å². The average molecular weight is 319 g/mol. The summed E-state index contributed by atoms with van der Waals surface area (Å²) in [6.45, 7) is 0. The van der Waals surface area contributed by atoms with Crippen molar-refractivity contribution in [3.63, 3.8) is 0 Å². The van der Waals surface area contributed by atoms with Crippen LogP contribution in [0, 0.1) is 0 Å². The molecular formula is C16H17NO4S. The first kappa shape index (κ1) is 16.2. The Labute approximate surface area is 129 Å². The van der Waals surface area contributed by atoms with Crippen LogP contribution < -0.4 is 5.73 Å². The van der Waals surface area contributed by atoms with Gasteiger partial charge in [-0.15, -0.1) is 0 Å². The van der Waals surface area contributed by atoms with Crippen LogP contribution in [0.25, 0.3) is 0 Å². The van der Waals surface area contributed by atoms with Gasteiger partial charge in [0, 0.05) is 0 Å². The second-order valence-electron chi connectivity index (χ2n) is 5.04. The third kappa shape index (κ3) is 4.16. The van der Waals surface area contributed by atoms with Gasteiger partial charge in [-0.3, -0.25) is 4.79 Å². The second-order valence-corrected chi connectivity index (χ2v) is 7.03. The van der Waals surface area contributed by atoms with Gasteiger partial charge in [0.15, 0.2) is 9.84 Å². The number of benzene rings is 2. The first-order valence-corrected chi connectivity index (χ1v) is 8.38. The summed E-state index contributed by atoms with van der Waals surface area (Å²) < 4.78 is 22.2. The number of carboxylic acids is 1. The van der Waals surface area contributed by atoms with Crippen LogP contribution in [0.5, 0.6) is 0 Å². The van der Waals surface area contributed by atoms with Crippen molar-refractivity contribution < 1.29 is 18.3 Å².